The van der Waals surface area contributed by atoms with Gasteiger partial charge in [0.15, 0.2) is 0 Å². The van der Waals surface area contributed by atoms with Crippen molar-refractivity contribution in [3.05, 3.63) is 210 Å². The summed E-state index contributed by atoms with van der Waals surface area (Å²) in [6.07, 6.45) is 0. The van der Waals surface area contributed by atoms with E-state index < -0.39 is 0 Å². The van der Waals surface area contributed by atoms with Crippen molar-refractivity contribution >= 4 is 65.4 Å². The Labute approximate surface area is 375 Å². The molecule has 0 spiro atoms. The van der Waals surface area contributed by atoms with E-state index in [0.29, 0.717) is 16.8 Å². The molecule has 13 rings (SSSR count). The molecule has 9 aromatic carbocycles. The minimum Gasteiger partial charge on any atom is -0.307 e. The molecular weight excluding hydrogens is 791 g/mol. The Morgan fingerprint density at radius 3 is 1.31 bits per heavy atom. The molecule has 0 bridgehead atoms. The summed E-state index contributed by atoms with van der Waals surface area (Å²) in [6.45, 7) is 6.73. The van der Waals surface area contributed by atoms with E-state index >= 15 is 0 Å². The third-order valence-electron chi connectivity index (χ3n) is 14.2. The first-order valence-corrected chi connectivity index (χ1v) is 22.2. The number of para-hydroxylation sites is 5. The van der Waals surface area contributed by atoms with E-state index in [9.17, 15) is 10.5 Å². The van der Waals surface area contributed by atoms with Crippen LogP contribution in [0.4, 0.5) is 0 Å². The first-order valence-electron chi connectivity index (χ1n) is 22.2. The summed E-state index contributed by atoms with van der Waals surface area (Å²) in [5.41, 5.74) is 16.1. The SMILES string of the molecule is Cc1ccc(-c2c(-n3c4ccccc4c4ccccc43)c(C#N)c(-n3c4ccccc4c4c5c(ccc43)-c3ccccc3C5(C)C)c(C#N)c2-n2c3ccccc3c3ccccc32)cc1. The van der Waals surface area contributed by atoms with Gasteiger partial charge in [-0.15, -0.1) is 0 Å². The topological polar surface area (TPSA) is 62.4 Å². The largest absolute Gasteiger partial charge is 0.307 e. The fourth-order valence-electron chi connectivity index (χ4n) is 11.5. The van der Waals surface area contributed by atoms with Gasteiger partial charge in [-0.25, -0.2) is 0 Å². The Kier molecular flexibility index (Phi) is 7.64. The Bertz CT molecular complexity index is 3860. The fourth-order valence-corrected chi connectivity index (χ4v) is 11.5. The van der Waals surface area contributed by atoms with E-state index in [0.717, 1.165) is 93.5 Å². The van der Waals surface area contributed by atoms with Crippen molar-refractivity contribution in [2.45, 2.75) is 26.2 Å². The number of fused-ring (bicyclic) bond motifs is 13. The molecule has 0 saturated heterocycles. The van der Waals surface area contributed by atoms with Crippen LogP contribution >= 0.6 is 0 Å². The average Bonchev–Trinajstić information content (AvgIpc) is 4.04. The summed E-state index contributed by atoms with van der Waals surface area (Å²) >= 11 is 0. The molecule has 0 amide bonds. The lowest BCUT2D eigenvalue weighted by Crippen LogP contribution is -2.15. The van der Waals surface area contributed by atoms with Gasteiger partial charge in [-0.3, -0.25) is 0 Å². The van der Waals surface area contributed by atoms with Crippen molar-refractivity contribution in [3.63, 3.8) is 0 Å². The number of hydrogen-bond donors (Lipinski definition) is 0. The highest BCUT2D eigenvalue weighted by Gasteiger charge is 2.39. The van der Waals surface area contributed by atoms with E-state index in [4.69, 9.17) is 0 Å². The lowest BCUT2D eigenvalue weighted by atomic mass is 9.80. The van der Waals surface area contributed by atoms with Gasteiger partial charge in [-0.2, -0.15) is 10.5 Å². The van der Waals surface area contributed by atoms with Crippen LogP contribution in [0, 0.1) is 29.6 Å². The van der Waals surface area contributed by atoms with Crippen LogP contribution in [0.25, 0.3) is 105 Å². The van der Waals surface area contributed by atoms with Crippen LogP contribution < -0.4 is 0 Å². The standard InChI is InChI=1S/C60H39N5/c1-36-28-30-37(31-29-36)54-58(63-48-23-11-5-17-39(48)40-18-6-12-24-49(40)63)45(34-61)57(46(35-62)59(54)64-50-25-13-7-19-41(50)42-20-8-14-26-51(42)64)65-52-27-15-9-21-44(52)55-53(65)33-32-43-38-16-4-10-22-47(38)60(2,3)56(43)55/h4-33H,1-3H3. The van der Waals surface area contributed by atoms with Crippen LogP contribution in [0.15, 0.2) is 182 Å². The quantitative estimate of drug-likeness (QED) is 0.177. The van der Waals surface area contributed by atoms with E-state index in [1.807, 2.05) is 0 Å². The van der Waals surface area contributed by atoms with Crippen molar-refractivity contribution in [1.82, 2.24) is 13.7 Å². The maximum absolute atomic E-state index is 12.1. The Morgan fingerprint density at radius 2 is 0.815 bits per heavy atom. The molecule has 3 aromatic heterocycles. The Morgan fingerprint density at radius 1 is 0.400 bits per heavy atom. The predicted molar refractivity (Wildman–Crippen MR) is 267 cm³/mol. The van der Waals surface area contributed by atoms with Gasteiger partial charge in [0.1, 0.15) is 23.3 Å². The number of benzene rings is 9. The van der Waals surface area contributed by atoms with E-state index in [-0.39, 0.29) is 5.41 Å². The molecule has 3 heterocycles. The van der Waals surface area contributed by atoms with Crippen LogP contribution in [0.5, 0.6) is 0 Å². The molecule has 5 heteroatoms. The molecule has 304 valence electrons. The number of nitrogens with zero attached hydrogens (tertiary/aromatic N) is 5. The second-order valence-corrected chi connectivity index (χ2v) is 17.9. The summed E-state index contributed by atoms with van der Waals surface area (Å²) in [5.74, 6) is 0. The van der Waals surface area contributed by atoms with Crippen LogP contribution in [0.1, 0.15) is 41.7 Å². The summed E-state index contributed by atoms with van der Waals surface area (Å²) in [6, 6.07) is 69.8. The molecule has 12 aromatic rings. The molecule has 0 unspecified atom stereocenters. The normalized spacial score (nSPS) is 12.9. The van der Waals surface area contributed by atoms with Crippen molar-refractivity contribution < 1.29 is 0 Å². The second-order valence-electron chi connectivity index (χ2n) is 17.9. The maximum atomic E-state index is 12.1. The first-order chi connectivity index (χ1) is 31.9. The summed E-state index contributed by atoms with van der Waals surface area (Å²) in [7, 11) is 0. The van der Waals surface area contributed by atoms with Gasteiger partial charge in [0.2, 0.25) is 0 Å². The van der Waals surface area contributed by atoms with Gasteiger partial charge in [0.05, 0.1) is 50.2 Å². The number of aryl methyl sites for hydroxylation is 1. The van der Waals surface area contributed by atoms with Gasteiger partial charge >= 0.3 is 0 Å². The smallest absolute Gasteiger partial charge is 0.104 e. The highest BCUT2D eigenvalue weighted by molar-refractivity contribution is 6.17. The first kappa shape index (κ1) is 37.0. The van der Waals surface area contributed by atoms with Gasteiger partial charge in [0.25, 0.3) is 0 Å². The third kappa shape index (κ3) is 4.85. The van der Waals surface area contributed by atoms with E-state index in [2.05, 4.69) is 229 Å². The number of rotatable bonds is 4. The molecule has 0 fully saturated rings. The molecule has 65 heavy (non-hydrogen) atoms. The van der Waals surface area contributed by atoms with Crippen molar-refractivity contribution in [2.75, 3.05) is 0 Å². The van der Waals surface area contributed by atoms with Gasteiger partial charge in [0, 0.05) is 43.3 Å². The zero-order chi connectivity index (χ0) is 43.7. The van der Waals surface area contributed by atoms with Crippen LogP contribution in [0.2, 0.25) is 0 Å². The molecule has 0 N–H and O–H groups in total. The minimum atomic E-state index is -0.311. The molecule has 0 atom stereocenters. The lowest BCUT2D eigenvalue weighted by Gasteiger charge is -2.26. The molecule has 1 aliphatic carbocycles. The lowest BCUT2D eigenvalue weighted by molar-refractivity contribution is 0.666. The van der Waals surface area contributed by atoms with Crippen molar-refractivity contribution in [2.24, 2.45) is 0 Å². The Balaban J connectivity index is 1.32. The highest BCUT2D eigenvalue weighted by Crippen LogP contribution is 2.54. The average molecular weight is 830 g/mol. The van der Waals surface area contributed by atoms with Crippen molar-refractivity contribution in [3.8, 4) is 51.5 Å². The second kappa shape index (κ2) is 13.4. The highest BCUT2D eigenvalue weighted by atomic mass is 15.1. The molecular formula is C60H39N5. The molecule has 0 saturated carbocycles. The van der Waals surface area contributed by atoms with E-state index in [1.165, 1.54) is 22.3 Å². The van der Waals surface area contributed by atoms with Crippen molar-refractivity contribution in [1.29, 1.82) is 10.5 Å². The van der Waals surface area contributed by atoms with E-state index in [1.54, 1.807) is 0 Å². The minimum absolute atomic E-state index is 0.311. The zero-order valence-electron chi connectivity index (χ0n) is 36.1. The summed E-state index contributed by atoms with van der Waals surface area (Å²) in [5, 5.41) is 30.8. The zero-order valence-corrected chi connectivity index (χ0v) is 36.1. The third-order valence-corrected chi connectivity index (χ3v) is 14.2. The van der Waals surface area contributed by atoms with Gasteiger partial charge in [-0.05, 0) is 71.1 Å². The van der Waals surface area contributed by atoms with Crippen LogP contribution in [-0.4, -0.2) is 13.7 Å². The number of hydrogen-bond acceptors (Lipinski definition) is 2. The Hall–Kier alpha value is -8.64. The molecule has 0 aliphatic heterocycles. The monoisotopic (exact) mass is 829 g/mol. The number of aromatic nitrogens is 3. The number of nitriles is 2. The molecule has 0 radical (unpaired) electrons. The van der Waals surface area contributed by atoms with Gasteiger partial charge in [-0.1, -0.05) is 165 Å². The summed E-state index contributed by atoms with van der Waals surface area (Å²) in [4.78, 5) is 0. The maximum Gasteiger partial charge on any atom is 0.104 e. The molecule has 5 nitrogen and oxygen atoms in total. The van der Waals surface area contributed by atoms with Crippen LogP contribution in [0.3, 0.4) is 0 Å². The van der Waals surface area contributed by atoms with Gasteiger partial charge < -0.3 is 13.7 Å². The fraction of sp³-hybridized carbons (Fsp3) is 0.0667. The predicted octanol–water partition coefficient (Wildman–Crippen LogP) is 15.0. The van der Waals surface area contributed by atoms with Crippen LogP contribution in [-0.2, 0) is 5.41 Å². The molecule has 1 aliphatic rings. The summed E-state index contributed by atoms with van der Waals surface area (Å²) < 4.78 is 6.80.